The Morgan fingerprint density at radius 3 is 2.84 bits per heavy atom. The van der Waals surface area contributed by atoms with Crippen molar-refractivity contribution in [3.8, 4) is 11.3 Å². The highest BCUT2D eigenvalue weighted by Crippen LogP contribution is 2.34. The maximum atomic E-state index is 12.9. The molecule has 32 heavy (non-hydrogen) atoms. The molecule has 2 atom stereocenters. The summed E-state index contributed by atoms with van der Waals surface area (Å²) in [5.74, 6) is 0.427. The molecule has 0 spiro atoms. The topological polar surface area (TPSA) is 119 Å². The average Bonchev–Trinajstić information content (AvgIpc) is 3.37. The lowest BCUT2D eigenvalue weighted by Crippen LogP contribution is -2.50. The molecular formula is C22H23N7O3. The third-order valence-corrected chi connectivity index (χ3v) is 6.41. The minimum absolute atomic E-state index is 0.224. The summed E-state index contributed by atoms with van der Waals surface area (Å²) < 4.78 is 9.14. The molecule has 1 saturated carbocycles. The summed E-state index contributed by atoms with van der Waals surface area (Å²) in [5.41, 5.74) is 3.36. The van der Waals surface area contributed by atoms with Crippen LogP contribution in [0.4, 0.5) is 5.82 Å². The van der Waals surface area contributed by atoms with E-state index < -0.39 is 6.10 Å². The Labute approximate surface area is 183 Å². The van der Waals surface area contributed by atoms with Crippen molar-refractivity contribution < 1.29 is 14.6 Å². The van der Waals surface area contributed by atoms with Gasteiger partial charge in [-0.1, -0.05) is 0 Å². The Kier molecular flexibility index (Phi) is 4.37. The van der Waals surface area contributed by atoms with Gasteiger partial charge < -0.3 is 25.0 Å². The number of aliphatic hydroxyl groups excluding tert-OH is 1. The first-order valence-electron chi connectivity index (χ1n) is 10.7. The fourth-order valence-corrected chi connectivity index (χ4v) is 4.29. The third kappa shape index (κ3) is 2.87. The number of ether oxygens (including phenoxy) is 1. The largest absolute Gasteiger partial charge is 0.391 e. The first kappa shape index (κ1) is 19.2. The summed E-state index contributed by atoms with van der Waals surface area (Å²) in [5, 5.41) is 21.2. The molecule has 2 fully saturated rings. The molecule has 6 rings (SSSR count). The standard InChI is InChI=1S/C22H23N7O3/c1-23-19-7-17(15-9-28(12-10-32-11-12)20-13(15)3-2-6-24-20)26-21-14(8-25-29(19)21)22(31)27-16-4-5-18(16)30/h2-3,6-9,12,16,18,23,30H,4-5,10-11H2,1H3,(H,27,31)/t16-,18-/m0/s1. The van der Waals surface area contributed by atoms with Crippen LogP contribution in [0.3, 0.4) is 0 Å². The van der Waals surface area contributed by atoms with Gasteiger partial charge in [0, 0.05) is 36.5 Å². The fourth-order valence-electron chi connectivity index (χ4n) is 4.29. The van der Waals surface area contributed by atoms with Gasteiger partial charge in [0.2, 0.25) is 0 Å². The number of hydrogen-bond donors (Lipinski definition) is 3. The number of fused-ring (bicyclic) bond motifs is 2. The van der Waals surface area contributed by atoms with Crippen molar-refractivity contribution in [2.24, 2.45) is 0 Å². The van der Waals surface area contributed by atoms with Gasteiger partial charge in [0.15, 0.2) is 5.65 Å². The molecular weight excluding hydrogens is 410 g/mol. The lowest BCUT2D eigenvalue weighted by atomic mass is 9.89. The number of nitrogens with one attached hydrogen (secondary N) is 2. The smallest absolute Gasteiger partial charge is 0.257 e. The van der Waals surface area contributed by atoms with Gasteiger partial charge in [-0.25, -0.2) is 9.97 Å². The van der Waals surface area contributed by atoms with Crippen LogP contribution in [0.5, 0.6) is 0 Å². The quantitative estimate of drug-likeness (QED) is 0.438. The molecule has 0 aromatic carbocycles. The highest BCUT2D eigenvalue weighted by Gasteiger charge is 2.31. The van der Waals surface area contributed by atoms with E-state index in [2.05, 4.69) is 31.5 Å². The van der Waals surface area contributed by atoms with E-state index >= 15 is 0 Å². The molecule has 4 aromatic heterocycles. The van der Waals surface area contributed by atoms with Crippen molar-refractivity contribution in [1.82, 2.24) is 29.5 Å². The van der Waals surface area contributed by atoms with E-state index in [9.17, 15) is 9.90 Å². The van der Waals surface area contributed by atoms with Crippen LogP contribution in [0.15, 0.2) is 36.8 Å². The molecule has 4 aromatic rings. The molecule has 0 radical (unpaired) electrons. The summed E-state index contributed by atoms with van der Waals surface area (Å²) in [6, 6.07) is 5.88. The molecule has 3 N–H and O–H groups in total. The maximum Gasteiger partial charge on any atom is 0.257 e. The van der Waals surface area contributed by atoms with Crippen molar-refractivity contribution in [2.45, 2.75) is 31.0 Å². The van der Waals surface area contributed by atoms with Crippen molar-refractivity contribution in [3.63, 3.8) is 0 Å². The normalized spacial score (nSPS) is 20.8. The third-order valence-electron chi connectivity index (χ3n) is 6.41. The van der Waals surface area contributed by atoms with Crippen LogP contribution in [-0.2, 0) is 4.74 Å². The zero-order chi connectivity index (χ0) is 21.8. The van der Waals surface area contributed by atoms with Crippen LogP contribution in [0.25, 0.3) is 27.9 Å². The minimum atomic E-state index is -0.494. The molecule has 0 bridgehead atoms. The summed E-state index contributed by atoms with van der Waals surface area (Å²) in [4.78, 5) is 22.3. The van der Waals surface area contributed by atoms with E-state index in [1.165, 1.54) is 6.20 Å². The molecule has 1 amide bonds. The number of anilines is 1. The molecule has 2 aliphatic rings. The predicted octanol–water partition coefficient (Wildman–Crippen LogP) is 1.61. The van der Waals surface area contributed by atoms with Crippen molar-refractivity contribution in [1.29, 1.82) is 0 Å². The number of aromatic nitrogens is 5. The Balaban J connectivity index is 1.48. The molecule has 164 valence electrons. The second kappa shape index (κ2) is 7.28. The van der Waals surface area contributed by atoms with Crippen LogP contribution in [0.1, 0.15) is 29.2 Å². The van der Waals surface area contributed by atoms with Gasteiger partial charge in [-0.15, -0.1) is 0 Å². The van der Waals surface area contributed by atoms with Gasteiger partial charge >= 0.3 is 0 Å². The number of pyridine rings is 1. The highest BCUT2D eigenvalue weighted by molar-refractivity contribution is 6.01. The Bertz CT molecular complexity index is 1340. The molecule has 10 heteroatoms. The molecule has 1 aliphatic carbocycles. The molecule has 0 unspecified atom stereocenters. The first-order chi connectivity index (χ1) is 15.6. The van der Waals surface area contributed by atoms with Gasteiger partial charge in [0.05, 0.1) is 43.3 Å². The SMILES string of the molecule is CNc1cc(-c2cn(C3COC3)c3ncccc23)nc2c(C(=O)N[C@H]3CC[C@@H]3O)cnn12. The van der Waals surface area contributed by atoms with Gasteiger partial charge in [-0.3, -0.25) is 4.79 Å². The van der Waals surface area contributed by atoms with Crippen LogP contribution in [0, 0.1) is 0 Å². The van der Waals surface area contributed by atoms with Crippen molar-refractivity contribution in [2.75, 3.05) is 25.6 Å². The monoisotopic (exact) mass is 433 g/mol. The minimum Gasteiger partial charge on any atom is -0.391 e. The summed E-state index contributed by atoms with van der Waals surface area (Å²) >= 11 is 0. The fraction of sp³-hybridized carbons (Fsp3) is 0.364. The zero-order valence-electron chi connectivity index (χ0n) is 17.5. The maximum absolute atomic E-state index is 12.9. The van der Waals surface area contributed by atoms with E-state index in [0.29, 0.717) is 36.7 Å². The molecule has 5 heterocycles. The van der Waals surface area contributed by atoms with Gasteiger partial charge in [0.25, 0.3) is 5.91 Å². The van der Waals surface area contributed by atoms with Gasteiger partial charge in [-0.05, 0) is 25.0 Å². The van der Waals surface area contributed by atoms with Gasteiger partial charge in [0.1, 0.15) is 17.0 Å². The number of nitrogens with zero attached hydrogens (tertiary/aromatic N) is 5. The first-order valence-corrected chi connectivity index (χ1v) is 10.7. The van der Waals surface area contributed by atoms with Crippen LogP contribution in [0.2, 0.25) is 0 Å². The average molecular weight is 433 g/mol. The lowest BCUT2D eigenvalue weighted by Gasteiger charge is -2.32. The summed E-state index contributed by atoms with van der Waals surface area (Å²) in [6.45, 7) is 1.32. The van der Waals surface area contributed by atoms with Crippen LogP contribution in [-0.4, -0.2) is 67.6 Å². The number of aliphatic hydroxyl groups is 1. The molecule has 10 nitrogen and oxygen atoms in total. The van der Waals surface area contributed by atoms with Crippen molar-refractivity contribution >= 4 is 28.4 Å². The highest BCUT2D eigenvalue weighted by atomic mass is 16.5. The number of hydrogen-bond acceptors (Lipinski definition) is 7. The number of rotatable bonds is 5. The van der Waals surface area contributed by atoms with Crippen LogP contribution >= 0.6 is 0 Å². The number of amides is 1. The van der Waals surface area contributed by atoms with E-state index in [1.54, 1.807) is 17.8 Å². The van der Waals surface area contributed by atoms with Crippen molar-refractivity contribution in [3.05, 3.63) is 42.4 Å². The summed E-state index contributed by atoms with van der Waals surface area (Å²) in [7, 11) is 1.81. The predicted molar refractivity (Wildman–Crippen MR) is 118 cm³/mol. The Morgan fingerprint density at radius 2 is 2.16 bits per heavy atom. The Morgan fingerprint density at radius 1 is 1.28 bits per heavy atom. The van der Waals surface area contributed by atoms with E-state index in [4.69, 9.17) is 9.72 Å². The zero-order valence-corrected chi connectivity index (χ0v) is 17.5. The van der Waals surface area contributed by atoms with E-state index in [0.717, 1.165) is 28.7 Å². The summed E-state index contributed by atoms with van der Waals surface area (Å²) in [6.07, 6.45) is 6.34. The lowest BCUT2D eigenvalue weighted by molar-refractivity contribution is -0.0215. The molecule has 1 saturated heterocycles. The second-order valence-corrected chi connectivity index (χ2v) is 8.31. The second-order valence-electron chi connectivity index (χ2n) is 8.31. The number of carbonyl (C=O) groups is 1. The van der Waals surface area contributed by atoms with Gasteiger partial charge in [-0.2, -0.15) is 9.61 Å². The molecule has 1 aliphatic heterocycles. The number of carbonyl (C=O) groups excluding carboxylic acids is 1. The van der Waals surface area contributed by atoms with E-state index in [-0.39, 0.29) is 18.0 Å². The van der Waals surface area contributed by atoms with E-state index in [1.807, 2.05) is 18.2 Å². The van der Waals surface area contributed by atoms with Crippen LogP contribution < -0.4 is 10.6 Å². The Hall–Kier alpha value is -3.50.